The molecule has 0 saturated heterocycles. The van der Waals surface area contributed by atoms with Crippen LogP contribution in [0.25, 0.3) is 10.9 Å². The molecule has 2 aromatic carbocycles. The number of benzene rings is 2. The number of aryl methyl sites for hydroxylation is 3. The minimum atomic E-state index is 0.204. The minimum Gasteiger partial charge on any atom is -0.496 e. The molecule has 1 aliphatic rings. The fraction of sp³-hybridized carbons (Fsp3) is 0.391. The van der Waals surface area contributed by atoms with Gasteiger partial charge in [-0.1, -0.05) is 6.07 Å². The van der Waals surface area contributed by atoms with Crippen molar-refractivity contribution in [1.82, 2.24) is 10.3 Å². The van der Waals surface area contributed by atoms with E-state index in [1.54, 1.807) is 7.11 Å². The molecule has 0 bridgehead atoms. The molecule has 0 amide bonds. The average Bonchev–Trinajstić information content (AvgIpc) is 2.97. The van der Waals surface area contributed by atoms with Gasteiger partial charge >= 0.3 is 0 Å². The highest BCUT2D eigenvalue weighted by atomic mass is 16.5. The molecule has 1 aliphatic heterocycles. The maximum Gasteiger partial charge on any atom is 0.122 e. The van der Waals surface area contributed by atoms with Crippen LogP contribution in [0.3, 0.4) is 0 Å². The first kappa shape index (κ1) is 17.2. The molecule has 1 atom stereocenters. The van der Waals surface area contributed by atoms with Gasteiger partial charge in [-0.15, -0.1) is 0 Å². The van der Waals surface area contributed by atoms with Gasteiger partial charge in [-0.2, -0.15) is 0 Å². The number of aromatic nitrogens is 1. The Balaban J connectivity index is 1.95. The Bertz CT molecular complexity index is 1010. The van der Waals surface area contributed by atoms with E-state index in [1.165, 1.54) is 55.5 Å². The zero-order chi connectivity index (χ0) is 18.6. The molecule has 2 N–H and O–H groups in total. The first-order valence-electron chi connectivity index (χ1n) is 9.42. The van der Waals surface area contributed by atoms with Crippen molar-refractivity contribution < 1.29 is 4.74 Å². The van der Waals surface area contributed by atoms with E-state index in [9.17, 15) is 0 Å². The van der Waals surface area contributed by atoms with Gasteiger partial charge in [0.25, 0.3) is 0 Å². The average molecular weight is 348 g/mol. The summed E-state index contributed by atoms with van der Waals surface area (Å²) in [6.45, 7) is 12.0. The molecule has 3 heteroatoms. The van der Waals surface area contributed by atoms with Crippen molar-refractivity contribution in [2.24, 2.45) is 0 Å². The summed E-state index contributed by atoms with van der Waals surface area (Å²) in [5, 5.41) is 5.18. The normalized spacial score (nSPS) is 16.8. The topological polar surface area (TPSA) is 37.0 Å². The Morgan fingerprint density at radius 3 is 2.46 bits per heavy atom. The maximum atomic E-state index is 5.57. The molecule has 3 aromatic rings. The summed E-state index contributed by atoms with van der Waals surface area (Å²) in [7, 11) is 1.75. The van der Waals surface area contributed by atoms with E-state index in [-0.39, 0.29) is 6.04 Å². The Morgan fingerprint density at radius 2 is 1.73 bits per heavy atom. The molecule has 2 heterocycles. The van der Waals surface area contributed by atoms with Crippen LogP contribution in [-0.4, -0.2) is 18.6 Å². The van der Waals surface area contributed by atoms with Crippen LogP contribution in [0, 0.1) is 34.6 Å². The third kappa shape index (κ3) is 2.45. The zero-order valence-corrected chi connectivity index (χ0v) is 16.6. The molecule has 1 aromatic heterocycles. The highest BCUT2D eigenvalue weighted by Crippen LogP contribution is 2.39. The molecule has 1 unspecified atom stereocenters. The van der Waals surface area contributed by atoms with Crippen molar-refractivity contribution in [2.45, 2.75) is 47.1 Å². The van der Waals surface area contributed by atoms with Crippen LogP contribution in [0.5, 0.6) is 5.75 Å². The summed E-state index contributed by atoms with van der Waals surface area (Å²) in [5.41, 5.74) is 12.0. The molecule has 136 valence electrons. The van der Waals surface area contributed by atoms with Crippen molar-refractivity contribution in [3.63, 3.8) is 0 Å². The second kappa shape index (κ2) is 6.17. The van der Waals surface area contributed by atoms with Gasteiger partial charge in [-0.05, 0) is 92.1 Å². The summed E-state index contributed by atoms with van der Waals surface area (Å²) < 4.78 is 5.57. The highest BCUT2D eigenvalue weighted by molar-refractivity contribution is 5.89. The molecular weight excluding hydrogens is 320 g/mol. The number of hydrogen-bond acceptors (Lipinski definition) is 2. The van der Waals surface area contributed by atoms with Crippen LogP contribution < -0.4 is 10.1 Å². The van der Waals surface area contributed by atoms with Crippen LogP contribution in [0.2, 0.25) is 0 Å². The Labute approximate surface area is 155 Å². The molecule has 0 fully saturated rings. The summed E-state index contributed by atoms with van der Waals surface area (Å²) in [6, 6.07) is 6.94. The molecule has 3 nitrogen and oxygen atoms in total. The molecule has 0 aliphatic carbocycles. The number of H-pyrrole nitrogens is 1. The number of hydrogen-bond donors (Lipinski definition) is 2. The second-order valence-electron chi connectivity index (χ2n) is 7.72. The fourth-order valence-electron chi connectivity index (χ4n) is 4.74. The Hall–Kier alpha value is -2.26. The predicted molar refractivity (Wildman–Crippen MR) is 109 cm³/mol. The number of rotatable bonds is 2. The highest BCUT2D eigenvalue weighted by Gasteiger charge is 2.29. The van der Waals surface area contributed by atoms with E-state index in [0.717, 1.165) is 18.7 Å². The van der Waals surface area contributed by atoms with Crippen LogP contribution in [0.4, 0.5) is 0 Å². The lowest BCUT2D eigenvalue weighted by atomic mass is 9.86. The monoisotopic (exact) mass is 348 g/mol. The number of methoxy groups -OCH3 is 1. The molecular formula is C23H28N2O. The third-order valence-corrected chi connectivity index (χ3v) is 6.01. The van der Waals surface area contributed by atoms with Gasteiger partial charge in [0.2, 0.25) is 0 Å². The summed E-state index contributed by atoms with van der Waals surface area (Å²) >= 11 is 0. The van der Waals surface area contributed by atoms with Crippen molar-refractivity contribution in [2.75, 3.05) is 13.7 Å². The van der Waals surface area contributed by atoms with E-state index in [2.05, 4.69) is 63.1 Å². The number of ether oxygens (including phenoxy) is 1. The van der Waals surface area contributed by atoms with Crippen molar-refractivity contribution in [1.29, 1.82) is 0 Å². The van der Waals surface area contributed by atoms with Gasteiger partial charge in [-0.25, -0.2) is 0 Å². The third-order valence-electron chi connectivity index (χ3n) is 6.01. The van der Waals surface area contributed by atoms with Crippen LogP contribution in [0.1, 0.15) is 50.7 Å². The van der Waals surface area contributed by atoms with E-state index in [1.807, 2.05) is 0 Å². The lowest BCUT2D eigenvalue weighted by molar-refractivity contribution is 0.410. The Morgan fingerprint density at radius 1 is 0.962 bits per heavy atom. The zero-order valence-electron chi connectivity index (χ0n) is 16.6. The van der Waals surface area contributed by atoms with E-state index in [0.29, 0.717) is 0 Å². The minimum absolute atomic E-state index is 0.204. The van der Waals surface area contributed by atoms with E-state index < -0.39 is 0 Å². The molecule has 26 heavy (non-hydrogen) atoms. The van der Waals surface area contributed by atoms with Gasteiger partial charge in [0.15, 0.2) is 0 Å². The molecule has 0 spiro atoms. The molecule has 0 saturated carbocycles. The summed E-state index contributed by atoms with van der Waals surface area (Å²) in [5.74, 6) is 0.975. The lowest BCUT2D eigenvalue weighted by Crippen LogP contribution is -2.31. The quantitative estimate of drug-likeness (QED) is 0.687. The van der Waals surface area contributed by atoms with Crippen molar-refractivity contribution >= 4 is 10.9 Å². The van der Waals surface area contributed by atoms with Crippen molar-refractivity contribution in [3.8, 4) is 5.75 Å². The summed E-state index contributed by atoms with van der Waals surface area (Å²) in [6.07, 6.45) is 1.07. The standard InChI is InChI=1S/C23H28N2O/c1-12-9-13(2)21-17-7-8-24-23(22(17)25-18(21)10-12)20-14(3)11-19(26-6)15(4)16(20)5/h9-11,23-25H,7-8H2,1-6H3. The number of nitrogens with one attached hydrogen (secondary N) is 2. The lowest BCUT2D eigenvalue weighted by Gasteiger charge is -2.29. The van der Waals surface area contributed by atoms with Crippen LogP contribution in [0.15, 0.2) is 18.2 Å². The fourth-order valence-corrected chi connectivity index (χ4v) is 4.74. The Kier molecular flexibility index (Phi) is 4.07. The van der Waals surface area contributed by atoms with Gasteiger partial charge in [0, 0.05) is 23.1 Å². The largest absolute Gasteiger partial charge is 0.496 e. The van der Waals surface area contributed by atoms with Gasteiger partial charge < -0.3 is 15.0 Å². The van der Waals surface area contributed by atoms with E-state index in [4.69, 9.17) is 4.74 Å². The predicted octanol–water partition coefficient (Wildman–Crippen LogP) is 4.95. The summed E-state index contributed by atoms with van der Waals surface area (Å²) in [4.78, 5) is 3.76. The maximum absolute atomic E-state index is 5.57. The smallest absolute Gasteiger partial charge is 0.122 e. The van der Waals surface area contributed by atoms with Crippen LogP contribution in [-0.2, 0) is 6.42 Å². The number of fused-ring (bicyclic) bond motifs is 3. The molecule has 0 radical (unpaired) electrons. The number of aromatic amines is 1. The van der Waals surface area contributed by atoms with E-state index >= 15 is 0 Å². The van der Waals surface area contributed by atoms with Gasteiger partial charge in [0.05, 0.1) is 13.2 Å². The first-order valence-corrected chi connectivity index (χ1v) is 9.42. The molecule has 4 rings (SSSR count). The van der Waals surface area contributed by atoms with Crippen LogP contribution >= 0.6 is 0 Å². The second-order valence-corrected chi connectivity index (χ2v) is 7.72. The van der Waals surface area contributed by atoms with Gasteiger partial charge in [-0.3, -0.25) is 0 Å². The van der Waals surface area contributed by atoms with Gasteiger partial charge in [0.1, 0.15) is 5.75 Å². The first-order chi connectivity index (χ1) is 12.4. The SMILES string of the molecule is COc1cc(C)c(C2NCCc3c2[nH]c2cc(C)cc(C)c32)c(C)c1C. The van der Waals surface area contributed by atoms with Crippen molar-refractivity contribution in [3.05, 3.63) is 62.8 Å².